The second-order valence-corrected chi connectivity index (χ2v) is 6.02. The minimum Gasteiger partial charge on any atom is -0.486 e. The summed E-state index contributed by atoms with van der Waals surface area (Å²) in [7, 11) is 0. The predicted octanol–water partition coefficient (Wildman–Crippen LogP) is 3.10. The molecule has 0 aliphatic carbocycles. The van der Waals surface area contributed by atoms with Gasteiger partial charge >= 0.3 is 0 Å². The van der Waals surface area contributed by atoms with Crippen molar-refractivity contribution in [1.82, 2.24) is 19.7 Å². The highest BCUT2D eigenvalue weighted by molar-refractivity contribution is 5.62. The average Bonchev–Trinajstić information content (AvgIpc) is 2.93. The zero-order chi connectivity index (χ0) is 17.4. The zero-order valence-corrected chi connectivity index (χ0v) is 14.4. The van der Waals surface area contributed by atoms with Crippen molar-refractivity contribution in [2.24, 2.45) is 0 Å². The van der Waals surface area contributed by atoms with Gasteiger partial charge in [0, 0.05) is 29.2 Å². The van der Waals surface area contributed by atoms with Gasteiger partial charge in [0.1, 0.15) is 19.0 Å². The average molecular weight is 337 g/mol. The van der Waals surface area contributed by atoms with Gasteiger partial charge in [-0.05, 0) is 39.0 Å². The summed E-state index contributed by atoms with van der Waals surface area (Å²) in [4.78, 5) is 9.09. The summed E-state index contributed by atoms with van der Waals surface area (Å²) in [6.45, 7) is 7.02. The summed E-state index contributed by atoms with van der Waals surface area (Å²) < 4.78 is 12.9. The number of nitrogens with zero attached hydrogens (tertiary/aromatic N) is 4. The predicted molar refractivity (Wildman–Crippen MR) is 94.1 cm³/mol. The monoisotopic (exact) mass is 337 g/mol. The molecule has 7 heteroatoms. The van der Waals surface area contributed by atoms with Crippen molar-refractivity contribution in [3.05, 3.63) is 47.4 Å². The van der Waals surface area contributed by atoms with Gasteiger partial charge in [0.2, 0.25) is 0 Å². The van der Waals surface area contributed by atoms with Gasteiger partial charge in [-0.3, -0.25) is 0 Å². The summed E-state index contributed by atoms with van der Waals surface area (Å²) in [5, 5.41) is 7.76. The summed E-state index contributed by atoms with van der Waals surface area (Å²) >= 11 is 0. The number of rotatable bonds is 3. The SMILES string of the molecule is Cc1cc(Nc2ccc3c(c2)OCCO3)nc(-n2nc(C)cc2C)n1. The van der Waals surface area contributed by atoms with Crippen LogP contribution in [0.1, 0.15) is 17.1 Å². The van der Waals surface area contributed by atoms with Crippen LogP contribution in [-0.2, 0) is 0 Å². The number of aromatic nitrogens is 4. The number of nitrogens with one attached hydrogen (secondary N) is 1. The molecule has 0 saturated carbocycles. The van der Waals surface area contributed by atoms with Gasteiger partial charge in [0.15, 0.2) is 11.5 Å². The minimum atomic E-state index is 0.547. The lowest BCUT2D eigenvalue weighted by Gasteiger charge is -2.19. The van der Waals surface area contributed by atoms with Gasteiger partial charge in [-0.15, -0.1) is 0 Å². The number of aryl methyl sites for hydroxylation is 3. The summed E-state index contributed by atoms with van der Waals surface area (Å²) in [5.74, 6) is 2.75. The van der Waals surface area contributed by atoms with E-state index in [0.29, 0.717) is 25.0 Å². The fourth-order valence-corrected chi connectivity index (χ4v) is 2.81. The summed E-state index contributed by atoms with van der Waals surface area (Å²) in [5.41, 5.74) is 3.66. The van der Waals surface area contributed by atoms with Crippen molar-refractivity contribution in [2.45, 2.75) is 20.8 Å². The number of fused-ring (bicyclic) bond motifs is 1. The number of ether oxygens (including phenoxy) is 2. The molecule has 0 amide bonds. The van der Waals surface area contributed by atoms with Crippen LogP contribution in [0, 0.1) is 20.8 Å². The van der Waals surface area contributed by atoms with Crippen molar-refractivity contribution < 1.29 is 9.47 Å². The molecule has 0 atom stereocenters. The van der Waals surface area contributed by atoms with E-state index in [-0.39, 0.29) is 0 Å². The van der Waals surface area contributed by atoms with E-state index < -0.39 is 0 Å². The molecule has 0 fully saturated rings. The van der Waals surface area contributed by atoms with Crippen LogP contribution in [0.25, 0.3) is 5.95 Å². The first-order valence-electron chi connectivity index (χ1n) is 8.14. The van der Waals surface area contributed by atoms with Crippen molar-refractivity contribution in [3.8, 4) is 17.4 Å². The minimum absolute atomic E-state index is 0.547. The van der Waals surface area contributed by atoms with Crippen LogP contribution in [0.5, 0.6) is 11.5 Å². The lowest BCUT2D eigenvalue weighted by molar-refractivity contribution is 0.171. The molecular weight excluding hydrogens is 318 g/mol. The lowest BCUT2D eigenvalue weighted by Crippen LogP contribution is -2.15. The third-order valence-corrected chi connectivity index (χ3v) is 3.86. The van der Waals surface area contributed by atoms with E-state index >= 15 is 0 Å². The van der Waals surface area contributed by atoms with Crippen molar-refractivity contribution in [3.63, 3.8) is 0 Å². The molecule has 0 saturated heterocycles. The van der Waals surface area contributed by atoms with E-state index in [1.165, 1.54) is 0 Å². The molecule has 1 aliphatic rings. The van der Waals surface area contributed by atoms with Crippen LogP contribution in [-0.4, -0.2) is 33.0 Å². The summed E-state index contributed by atoms with van der Waals surface area (Å²) in [6, 6.07) is 9.64. The standard InChI is InChI=1S/C18H19N5O2/c1-11-9-17(21-18(19-11)23-13(3)8-12(2)22-23)20-14-4-5-15-16(10-14)25-7-6-24-15/h4-5,8-10H,6-7H2,1-3H3,(H,19,20,21). The fourth-order valence-electron chi connectivity index (χ4n) is 2.81. The van der Waals surface area contributed by atoms with E-state index in [9.17, 15) is 0 Å². The molecule has 1 aliphatic heterocycles. The third-order valence-electron chi connectivity index (χ3n) is 3.86. The van der Waals surface area contributed by atoms with Crippen LogP contribution >= 0.6 is 0 Å². The molecule has 0 bridgehead atoms. The molecule has 3 aromatic rings. The highest BCUT2D eigenvalue weighted by atomic mass is 16.6. The Balaban J connectivity index is 1.66. The van der Waals surface area contributed by atoms with E-state index in [4.69, 9.17) is 9.47 Å². The van der Waals surface area contributed by atoms with Gasteiger partial charge in [0.25, 0.3) is 5.95 Å². The Hall–Kier alpha value is -3.09. The van der Waals surface area contributed by atoms with Gasteiger partial charge < -0.3 is 14.8 Å². The Kier molecular flexibility index (Phi) is 3.76. The van der Waals surface area contributed by atoms with Crippen molar-refractivity contribution in [1.29, 1.82) is 0 Å². The van der Waals surface area contributed by atoms with Gasteiger partial charge in [0.05, 0.1) is 5.69 Å². The van der Waals surface area contributed by atoms with Gasteiger partial charge in [-0.1, -0.05) is 0 Å². The first kappa shape index (κ1) is 15.4. The number of hydrogen-bond donors (Lipinski definition) is 1. The molecule has 2 aromatic heterocycles. The number of benzene rings is 1. The molecule has 1 aromatic carbocycles. The Morgan fingerprint density at radius 3 is 2.48 bits per heavy atom. The molecule has 0 unspecified atom stereocenters. The van der Waals surface area contributed by atoms with Gasteiger partial charge in [-0.25, -0.2) is 9.67 Å². The summed E-state index contributed by atoms with van der Waals surface area (Å²) in [6.07, 6.45) is 0. The van der Waals surface area contributed by atoms with Crippen LogP contribution < -0.4 is 14.8 Å². The maximum absolute atomic E-state index is 5.63. The first-order valence-corrected chi connectivity index (χ1v) is 8.14. The van der Waals surface area contributed by atoms with Crippen LogP contribution in [0.2, 0.25) is 0 Å². The molecule has 3 heterocycles. The maximum Gasteiger partial charge on any atom is 0.252 e. The Bertz CT molecular complexity index is 935. The fraction of sp³-hybridized carbons (Fsp3) is 0.278. The molecule has 1 N–H and O–H groups in total. The van der Waals surface area contributed by atoms with Crippen LogP contribution in [0.4, 0.5) is 11.5 Å². The Morgan fingerprint density at radius 1 is 0.920 bits per heavy atom. The maximum atomic E-state index is 5.63. The molecule has 0 spiro atoms. The quantitative estimate of drug-likeness (QED) is 0.791. The largest absolute Gasteiger partial charge is 0.486 e. The first-order chi connectivity index (χ1) is 12.1. The highest BCUT2D eigenvalue weighted by Crippen LogP contribution is 2.33. The van der Waals surface area contributed by atoms with Crippen LogP contribution in [0.15, 0.2) is 30.3 Å². The second kappa shape index (κ2) is 6.08. The lowest BCUT2D eigenvalue weighted by atomic mass is 10.2. The molecule has 128 valence electrons. The van der Waals surface area contributed by atoms with E-state index in [1.54, 1.807) is 4.68 Å². The molecular formula is C18H19N5O2. The van der Waals surface area contributed by atoms with Crippen molar-refractivity contribution >= 4 is 11.5 Å². The zero-order valence-electron chi connectivity index (χ0n) is 14.4. The van der Waals surface area contributed by atoms with E-state index in [1.807, 2.05) is 51.1 Å². The Labute approximate surface area is 145 Å². The Morgan fingerprint density at radius 2 is 1.72 bits per heavy atom. The smallest absolute Gasteiger partial charge is 0.252 e. The van der Waals surface area contributed by atoms with Crippen LogP contribution in [0.3, 0.4) is 0 Å². The molecule has 25 heavy (non-hydrogen) atoms. The topological polar surface area (TPSA) is 74.1 Å². The van der Waals surface area contributed by atoms with Gasteiger partial charge in [-0.2, -0.15) is 10.1 Å². The second-order valence-electron chi connectivity index (χ2n) is 6.02. The van der Waals surface area contributed by atoms with E-state index in [2.05, 4.69) is 20.4 Å². The third kappa shape index (κ3) is 3.13. The number of hydrogen-bond acceptors (Lipinski definition) is 6. The normalized spacial score (nSPS) is 12.9. The van der Waals surface area contributed by atoms with Crippen molar-refractivity contribution in [2.75, 3.05) is 18.5 Å². The highest BCUT2D eigenvalue weighted by Gasteiger charge is 2.13. The molecule has 7 nitrogen and oxygen atoms in total. The number of anilines is 2. The van der Waals surface area contributed by atoms with E-state index in [0.717, 1.165) is 34.3 Å². The molecule has 0 radical (unpaired) electrons. The molecule has 4 rings (SSSR count).